The minimum atomic E-state index is -1.30. The number of aliphatic hydroxyl groups is 1. The molecule has 180 valence electrons. The van der Waals surface area contributed by atoms with E-state index in [9.17, 15) is 15.0 Å². The van der Waals surface area contributed by atoms with Gasteiger partial charge in [-0.25, -0.2) is 14.6 Å². The second-order valence-electron chi connectivity index (χ2n) is 8.25. The number of nitrogens with two attached hydrogens (primary N) is 1. The highest BCUT2D eigenvalue weighted by Crippen LogP contribution is 2.31. The zero-order valence-electron chi connectivity index (χ0n) is 19.0. The Labute approximate surface area is 199 Å². The molecule has 0 aliphatic carbocycles. The molecule has 12 nitrogen and oxygen atoms in total. The maximum atomic E-state index is 12.2. The summed E-state index contributed by atoms with van der Waals surface area (Å²) in [6.07, 6.45) is 1.08. The largest absolute Gasteiger partial charge is 0.600 e. The molecule has 1 fully saturated rings. The monoisotopic (exact) mass is 478 g/mol. The number of aromatic nitrogens is 6. The van der Waals surface area contributed by atoms with Crippen molar-refractivity contribution < 1.29 is 29.0 Å². The van der Waals surface area contributed by atoms with E-state index < -0.39 is 11.7 Å². The van der Waals surface area contributed by atoms with E-state index in [-0.39, 0.29) is 12.5 Å². The van der Waals surface area contributed by atoms with Crippen LogP contribution >= 0.6 is 0 Å². The predicted molar refractivity (Wildman–Crippen MR) is 123 cm³/mol. The summed E-state index contributed by atoms with van der Waals surface area (Å²) in [6.45, 7) is 0.808. The van der Waals surface area contributed by atoms with E-state index >= 15 is 0 Å². The fraction of sp³-hybridized carbons (Fsp3) is 0.304. The van der Waals surface area contributed by atoms with Gasteiger partial charge in [-0.1, -0.05) is 21.9 Å². The minimum Gasteiger partial charge on any atom is -0.494 e. The van der Waals surface area contributed by atoms with E-state index in [1.54, 1.807) is 37.6 Å². The van der Waals surface area contributed by atoms with E-state index in [1.807, 2.05) is 12.1 Å². The minimum absolute atomic E-state index is 0.0627. The summed E-state index contributed by atoms with van der Waals surface area (Å²) in [7, 11) is 1.55. The van der Waals surface area contributed by atoms with Crippen LogP contribution in [0.5, 0.6) is 5.75 Å². The molecule has 1 saturated heterocycles. The molecule has 12 heteroatoms. The number of carbonyl (C=O) groups is 1. The average molecular weight is 478 g/mol. The average Bonchev–Trinajstić information content (AvgIpc) is 3.31. The maximum Gasteiger partial charge on any atom is 0.600 e. The number of methoxy groups -OCH3 is 1. The van der Waals surface area contributed by atoms with E-state index in [4.69, 9.17) is 15.2 Å². The summed E-state index contributed by atoms with van der Waals surface area (Å²) in [5.74, 6) is 0.614. The van der Waals surface area contributed by atoms with E-state index in [1.165, 1.54) is 4.68 Å². The van der Waals surface area contributed by atoms with Crippen molar-refractivity contribution in [2.24, 2.45) is 0 Å². The van der Waals surface area contributed by atoms with Gasteiger partial charge in [-0.2, -0.15) is 4.79 Å². The summed E-state index contributed by atoms with van der Waals surface area (Å²) in [5.41, 5.74) is 6.83. The Morgan fingerprint density at radius 1 is 1.23 bits per heavy atom. The van der Waals surface area contributed by atoms with Gasteiger partial charge in [0.05, 0.1) is 13.3 Å². The molecule has 4 heterocycles. The molecule has 3 aromatic heterocycles. The Morgan fingerprint density at radius 3 is 2.74 bits per heavy atom. The summed E-state index contributed by atoms with van der Waals surface area (Å²) in [4.78, 5) is 20.9. The highest BCUT2D eigenvalue weighted by atomic mass is 16.5. The lowest BCUT2D eigenvalue weighted by atomic mass is 9.89. The number of rotatable bonds is 5. The normalized spacial score (nSPS) is 15.3. The Kier molecular flexibility index (Phi) is 5.75. The second kappa shape index (κ2) is 8.89. The van der Waals surface area contributed by atoms with Crippen LogP contribution in [0.1, 0.15) is 24.2 Å². The zero-order valence-corrected chi connectivity index (χ0v) is 19.0. The Hall–Kier alpha value is -4.16. The van der Waals surface area contributed by atoms with Gasteiger partial charge >= 0.3 is 6.09 Å². The number of nitrogen functional groups attached to an aromatic ring is 1. The molecule has 0 atom stereocenters. The first-order valence-corrected chi connectivity index (χ1v) is 11.0. The molecule has 5 rings (SSSR count). The van der Waals surface area contributed by atoms with Crippen molar-refractivity contribution in [3.63, 3.8) is 0 Å². The molecule has 1 aliphatic rings. The zero-order chi connectivity index (χ0) is 24.6. The van der Waals surface area contributed by atoms with Crippen molar-refractivity contribution in [1.29, 1.82) is 0 Å². The highest BCUT2D eigenvalue weighted by molar-refractivity contribution is 5.95. The first-order valence-electron chi connectivity index (χ1n) is 11.0. The molecule has 1 aliphatic heterocycles. The van der Waals surface area contributed by atoms with Crippen molar-refractivity contribution in [2.75, 3.05) is 26.1 Å². The van der Waals surface area contributed by atoms with Crippen molar-refractivity contribution >= 4 is 22.9 Å². The number of benzene rings is 1. The SMILES string of the molecule is COc1cccc2c(-c3cn(Cc4cccc(C5(O)CCOCC5)[n+]4C(=O)O)nn3)nc(N)nc12. The smallest absolute Gasteiger partial charge is 0.494 e. The lowest BCUT2D eigenvalue weighted by Crippen LogP contribution is -2.55. The summed E-state index contributed by atoms with van der Waals surface area (Å²) >= 11 is 0. The van der Waals surface area contributed by atoms with Crippen molar-refractivity contribution in [3.05, 3.63) is 54.0 Å². The third-order valence-electron chi connectivity index (χ3n) is 6.09. The first-order chi connectivity index (χ1) is 16.9. The van der Waals surface area contributed by atoms with Gasteiger partial charge < -0.3 is 25.4 Å². The predicted octanol–water partition coefficient (Wildman–Crippen LogP) is 1.34. The highest BCUT2D eigenvalue weighted by Gasteiger charge is 2.42. The number of ether oxygens (including phenoxy) is 2. The molecule has 0 amide bonds. The molecule has 4 N–H and O–H groups in total. The molecule has 0 saturated carbocycles. The third kappa shape index (κ3) is 4.13. The molecule has 0 radical (unpaired) electrons. The van der Waals surface area contributed by atoms with E-state index in [0.717, 1.165) is 4.57 Å². The fourth-order valence-corrected chi connectivity index (χ4v) is 4.39. The van der Waals surface area contributed by atoms with Crippen LogP contribution < -0.4 is 15.0 Å². The van der Waals surface area contributed by atoms with Crippen LogP contribution in [0.15, 0.2) is 42.6 Å². The van der Waals surface area contributed by atoms with Crippen LogP contribution in [0.4, 0.5) is 10.7 Å². The second-order valence-corrected chi connectivity index (χ2v) is 8.25. The molecule has 0 unspecified atom stereocenters. The number of pyridine rings is 1. The number of carboxylic acid groups (broad SMARTS) is 1. The van der Waals surface area contributed by atoms with Crippen molar-refractivity contribution in [3.8, 4) is 17.1 Å². The van der Waals surface area contributed by atoms with Crippen LogP contribution in [0.3, 0.4) is 0 Å². The third-order valence-corrected chi connectivity index (χ3v) is 6.09. The van der Waals surface area contributed by atoms with Crippen LogP contribution in [-0.4, -0.2) is 61.6 Å². The maximum absolute atomic E-state index is 12.2. The molecule has 1 aromatic carbocycles. The molecule has 0 spiro atoms. The Bertz CT molecular complexity index is 1410. The van der Waals surface area contributed by atoms with Crippen LogP contribution in [0.25, 0.3) is 22.3 Å². The van der Waals surface area contributed by atoms with Gasteiger partial charge in [0.25, 0.3) is 0 Å². The quantitative estimate of drug-likeness (QED) is 0.357. The Morgan fingerprint density at radius 2 is 2.00 bits per heavy atom. The molecular formula is C23H24N7O5+. The van der Waals surface area contributed by atoms with Crippen LogP contribution in [0, 0.1) is 0 Å². The molecule has 0 bridgehead atoms. The van der Waals surface area contributed by atoms with Gasteiger partial charge in [0.1, 0.15) is 29.2 Å². The number of para-hydroxylation sites is 1. The van der Waals surface area contributed by atoms with Gasteiger partial charge in [-0.3, -0.25) is 0 Å². The number of nitrogens with zero attached hydrogens (tertiary/aromatic N) is 6. The summed E-state index contributed by atoms with van der Waals surface area (Å²) < 4.78 is 13.3. The number of anilines is 1. The van der Waals surface area contributed by atoms with Gasteiger partial charge in [0, 0.05) is 43.6 Å². The number of fused-ring (bicyclic) bond motifs is 1. The van der Waals surface area contributed by atoms with E-state index in [2.05, 4.69) is 20.3 Å². The standard InChI is InChI=1S/C23H23N7O5/c1-34-17-6-3-5-15-19(25-21(24)26-20(15)17)16-13-29(28-27-16)12-14-4-2-7-18(30(14)22(31)32)23(33)8-10-35-11-9-23/h2-7,13,33H,8-12H2,1H3,(H2-,24,25,26,31,32)/p+1. The van der Waals surface area contributed by atoms with Gasteiger partial charge in [0.15, 0.2) is 5.60 Å². The van der Waals surface area contributed by atoms with Gasteiger partial charge in [0.2, 0.25) is 17.3 Å². The Balaban J connectivity index is 1.53. The molecule has 35 heavy (non-hydrogen) atoms. The topological polar surface area (TPSA) is 162 Å². The summed E-state index contributed by atoms with van der Waals surface area (Å²) in [6, 6.07) is 10.4. The fourth-order valence-electron chi connectivity index (χ4n) is 4.39. The molecular weight excluding hydrogens is 454 g/mol. The van der Waals surface area contributed by atoms with Crippen LogP contribution in [0.2, 0.25) is 0 Å². The summed E-state index contributed by atoms with van der Waals surface area (Å²) in [5, 5.41) is 30.2. The van der Waals surface area contributed by atoms with Crippen molar-refractivity contribution in [1.82, 2.24) is 25.0 Å². The van der Waals surface area contributed by atoms with E-state index in [0.29, 0.717) is 65.5 Å². The van der Waals surface area contributed by atoms with Crippen LogP contribution in [-0.2, 0) is 16.9 Å². The number of hydrogen-bond acceptors (Lipinski definition) is 9. The van der Waals surface area contributed by atoms with Gasteiger partial charge in [-0.15, -0.1) is 5.10 Å². The van der Waals surface area contributed by atoms with Crippen molar-refractivity contribution in [2.45, 2.75) is 25.0 Å². The molecule has 4 aromatic rings. The van der Waals surface area contributed by atoms with Gasteiger partial charge in [-0.05, 0) is 12.1 Å². The first kappa shape index (κ1) is 22.6. The lowest BCUT2D eigenvalue weighted by Gasteiger charge is -2.29. The lowest BCUT2D eigenvalue weighted by molar-refractivity contribution is -0.611. The number of hydrogen-bond donors (Lipinski definition) is 3.